The lowest BCUT2D eigenvalue weighted by atomic mass is 10.2. The van der Waals surface area contributed by atoms with Gasteiger partial charge in [0.05, 0.1) is 5.02 Å². The lowest BCUT2D eigenvalue weighted by Crippen LogP contribution is -2.21. The summed E-state index contributed by atoms with van der Waals surface area (Å²) in [5, 5.41) is 3.94. The number of ether oxygens (including phenoxy) is 2. The summed E-state index contributed by atoms with van der Waals surface area (Å²) in [7, 11) is 0. The van der Waals surface area contributed by atoms with Crippen LogP contribution in [0.3, 0.4) is 0 Å². The molecule has 1 aliphatic heterocycles. The Kier molecular flexibility index (Phi) is 3.03. The standard InChI is InChI=1S/C11H14ClNO2/c1-7(2)13-5-8-3-9(12)11-10(4-8)14-6-15-11/h3-4,7,13H,5-6H2,1-2H3. The van der Waals surface area contributed by atoms with Crippen molar-refractivity contribution in [3.63, 3.8) is 0 Å². The first-order chi connectivity index (χ1) is 7.16. The van der Waals surface area contributed by atoms with Crippen LogP contribution in [0.15, 0.2) is 12.1 Å². The molecule has 2 rings (SSSR count). The second kappa shape index (κ2) is 4.29. The van der Waals surface area contributed by atoms with Crippen molar-refractivity contribution in [1.82, 2.24) is 5.32 Å². The second-order valence-corrected chi connectivity index (χ2v) is 4.25. The van der Waals surface area contributed by atoms with Gasteiger partial charge in [0.25, 0.3) is 0 Å². The van der Waals surface area contributed by atoms with E-state index in [9.17, 15) is 0 Å². The average Bonchev–Trinajstić information content (AvgIpc) is 2.63. The van der Waals surface area contributed by atoms with Gasteiger partial charge in [0, 0.05) is 12.6 Å². The summed E-state index contributed by atoms with van der Waals surface area (Å²) in [6.45, 7) is 5.26. The van der Waals surface area contributed by atoms with Gasteiger partial charge in [-0.15, -0.1) is 0 Å². The number of fused-ring (bicyclic) bond motifs is 1. The fraction of sp³-hybridized carbons (Fsp3) is 0.455. The smallest absolute Gasteiger partial charge is 0.231 e. The van der Waals surface area contributed by atoms with E-state index < -0.39 is 0 Å². The molecule has 0 radical (unpaired) electrons. The van der Waals surface area contributed by atoms with Crippen LogP contribution in [0.1, 0.15) is 19.4 Å². The molecule has 0 aromatic heterocycles. The molecule has 0 saturated heterocycles. The largest absolute Gasteiger partial charge is 0.454 e. The van der Waals surface area contributed by atoms with Crippen LogP contribution < -0.4 is 14.8 Å². The van der Waals surface area contributed by atoms with Gasteiger partial charge in [-0.25, -0.2) is 0 Å². The molecule has 0 atom stereocenters. The van der Waals surface area contributed by atoms with Crippen LogP contribution in [-0.2, 0) is 6.54 Å². The van der Waals surface area contributed by atoms with E-state index >= 15 is 0 Å². The Hall–Kier alpha value is -0.930. The third-order valence-electron chi connectivity index (χ3n) is 2.20. The van der Waals surface area contributed by atoms with E-state index in [2.05, 4.69) is 19.2 Å². The Balaban J connectivity index is 2.16. The highest BCUT2D eigenvalue weighted by atomic mass is 35.5. The van der Waals surface area contributed by atoms with Crippen molar-refractivity contribution in [3.8, 4) is 11.5 Å². The van der Waals surface area contributed by atoms with Gasteiger partial charge >= 0.3 is 0 Å². The van der Waals surface area contributed by atoms with E-state index in [1.165, 1.54) is 0 Å². The Morgan fingerprint density at radius 1 is 1.40 bits per heavy atom. The zero-order valence-corrected chi connectivity index (χ0v) is 9.60. The highest BCUT2D eigenvalue weighted by Crippen LogP contribution is 2.39. The van der Waals surface area contributed by atoms with Crippen molar-refractivity contribution in [2.75, 3.05) is 6.79 Å². The number of rotatable bonds is 3. The molecule has 0 spiro atoms. The van der Waals surface area contributed by atoms with E-state index in [1.807, 2.05) is 12.1 Å². The molecule has 4 heteroatoms. The minimum atomic E-state index is 0.260. The van der Waals surface area contributed by atoms with Crippen molar-refractivity contribution in [1.29, 1.82) is 0 Å². The van der Waals surface area contributed by atoms with Crippen molar-refractivity contribution >= 4 is 11.6 Å². The first kappa shape index (κ1) is 10.6. The molecule has 1 aromatic rings. The summed E-state index contributed by atoms with van der Waals surface area (Å²) >= 11 is 6.06. The van der Waals surface area contributed by atoms with E-state index in [0.717, 1.165) is 17.9 Å². The highest BCUT2D eigenvalue weighted by Gasteiger charge is 2.17. The molecular formula is C11H14ClNO2. The van der Waals surface area contributed by atoms with Crippen LogP contribution in [-0.4, -0.2) is 12.8 Å². The van der Waals surface area contributed by atoms with Crippen LogP contribution in [0.2, 0.25) is 5.02 Å². The molecule has 0 unspecified atom stereocenters. The molecule has 0 aliphatic carbocycles. The van der Waals surface area contributed by atoms with Gasteiger partial charge in [-0.05, 0) is 17.7 Å². The molecule has 0 fully saturated rings. The average molecular weight is 228 g/mol. The van der Waals surface area contributed by atoms with E-state index in [1.54, 1.807) is 0 Å². The monoisotopic (exact) mass is 227 g/mol. The number of hydrogen-bond donors (Lipinski definition) is 1. The minimum Gasteiger partial charge on any atom is -0.454 e. The fourth-order valence-corrected chi connectivity index (χ4v) is 1.73. The topological polar surface area (TPSA) is 30.5 Å². The van der Waals surface area contributed by atoms with Crippen molar-refractivity contribution < 1.29 is 9.47 Å². The van der Waals surface area contributed by atoms with Crippen LogP contribution in [0, 0.1) is 0 Å². The SMILES string of the molecule is CC(C)NCc1cc(Cl)c2c(c1)OCO2. The molecule has 1 N–H and O–H groups in total. The molecule has 82 valence electrons. The summed E-state index contributed by atoms with van der Waals surface area (Å²) < 4.78 is 10.5. The third-order valence-corrected chi connectivity index (χ3v) is 2.48. The number of benzene rings is 1. The van der Waals surface area contributed by atoms with Crippen molar-refractivity contribution in [3.05, 3.63) is 22.7 Å². The summed E-state index contributed by atoms with van der Waals surface area (Å²) in [4.78, 5) is 0. The first-order valence-electron chi connectivity index (χ1n) is 4.98. The maximum Gasteiger partial charge on any atom is 0.231 e. The quantitative estimate of drug-likeness (QED) is 0.861. The number of nitrogens with one attached hydrogen (secondary N) is 1. The zero-order valence-electron chi connectivity index (χ0n) is 8.84. The Labute approximate surface area is 94.3 Å². The van der Waals surface area contributed by atoms with Gasteiger partial charge in [-0.2, -0.15) is 0 Å². The molecule has 1 heterocycles. The maximum atomic E-state index is 6.06. The molecule has 0 bridgehead atoms. The van der Waals surface area contributed by atoms with Gasteiger partial charge in [0.15, 0.2) is 11.5 Å². The summed E-state index contributed by atoms with van der Waals surface area (Å²) in [5.74, 6) is 1.40. The third kappa shape index (κ3) is 2.36. The Bertz CT molecular complexity index is 366. The normalized spacial score (nSPS) is 13.6. The van der Waals surface area contributed by atoms with Gasteiger partial charge in [0.1, 0.15) is 0 Å². The molecule has 3 nitrogen and oxygen atoms in total. The maximum absolute atomic E-state index is 6.06. The van der Waals surface area contributed by atoms with Crippen molar-refractivity contribution in [2.24, 2.45) is 0 Å². The highest BCUT2D eigenvalue weighted by molar-refractivity contribution is 6.32. The van der Waals surface area contributed by atoms with E-state index in [0.29, 0.717) is 16.8 Å². The van der Waals surface area contributed by atoms with Gasteiger partial charge < -0.3 is 14.8 Å². The number of hydrogen-bond acceptors (Lipinski definition) is 3. The Morgan fingerprint density at radius 3 is 2.93 bits per heavy atom. The van der Waals surface area contributed by atoms with Gasteiger partial charge in [-0.1, -0.05) is 25.4 Å². The first-order valence-corrected chi connectivity index (χ1v) is 5.36. The predicted molar refractivity (Wildman–Crippen MR) is 59.6 cm³/mol. The van der Waals surface area contributed by atoms with E-state index in [-0.39, 0.29) is 6.79 Å². The summed E-state index contributed by atoms with van der Waals surface area (Å²) in [5.41, 5.74) is 1.11. The number of halogens is 1. The molecular weight excluding hydrogens is 214 g/mol. The molecule has 1 aromatic carbocycles. The van der Waals surface area contributed by atoms with E-state index in [4.69, 9.17) is 21.1 Å². The van der Waals surface area contributed by atoms with Gasteiger partial charge in [-0.3, -0.25) is 0 Å². The molecule has 0 amide bonds. The molecule has 15 heavy (non-hydrogen) atoms. The lowest BCUT2D eigenvalue weighted by Gasteiger charge is -2.09. The Morgan fingerprint density at radius 2 is 2.20 bits per heavy atom. The fourth-order valence-electron chi connectivity index (χ4n) is 1.44. The minimum absolute atomic E-state index is 0.260. The lowest BCUT2D eigenvalue weighted by molar-refractivity contribution is 0.174. The predicted octanol–water partition coefficient (Wildman–Crippen LogP) is 2.57. The molecule has 1 aliphatic rings. The van der Waals surface area contributed by atoms with Crippen LogP contribution in [0.4, 0.5) is 0 Å². The zero-order chi connectivity index (χ0) is 10.8. The van der Waals surface area contributed by atoms with Crippen molar-refractivity contribution in [2.45, 2.75) is 26.4 Å². The summed E-state index contributed by atoms with van der Waals surface area (Å²) in [6, 6.07) is 4.32. The van der Waals surface area contributed by atoms with Gasteiger partial charge in [0.2, 0.25) is 6.79 Å². The molecule has 0 saturated carbocycles. The summed E-state index contributed by atoms with van der Waals surface area (Å²) in [6.07, 6.45) is 0. The second-order valence-electron chi connectivity index (χ2n) is 3.85. The van der Waals surface area contributed by atoms with Crippen LogP contribution in [0.25, 0.3) is 0 Å². The van der Waals surface area contributed by atoms with Crippen LogP contribution in [0.5, 0.6) is 11.5 Å². The van der Waals surface area contributed by atoms with Crippen LogP contribution >= 0.6 is 11.6 Å².